The van der Waals surface area contributed by atoms with Crippen molar-refractivity contribution in [1.82, 2.24) is 4.98 Å². The quantitative estimate of drug-likeness (QED) is 0.922. The first-order chi connectivity index (χ1) is 8.59. The molecule has 0 aliphatic carbocycles. The molecule has 1 unspecified atom stereocenters. The van der Waals surface area contributed by atoms with E-state index < -0.39 is 11.9 Å². The summed E-state index contributed by atoms with van der Waals surface area (Å²) in [6, 6.07) is 8.42. The molecule has 0 aliphatic heterocycles. The summed E-state index contributed by atoms with van der Waals surface area (Å²) in [6.07, 6.45) is 0.934. The first-order valence-electron chi connectivity index (χ1n) is 5.62. The van der Waals surface area contributed by atoms with Gasteiger partial charge < -0.3 is 5.11 Å². The van der Waals surface area contributed by atoms with Gasteiger partial charge in [-0.05, 0) is 30.2 Å². The molecular weight excluding hydrogens is 253 g/mol. The molecule has 1 aromatic carbocycles. The maximum atomic E-state index is 13.7. The van der Waals surface area contributed by atoms with E-state index in [0.29, 0.717) is 11.3 Å². The van der Waals surface area contributed by atoms with Crippen LogP contribution < -0.4 is 0 Å². The van der Waals surface area contributed by atoms with Gasteiger partial charge in [0.1, 0.15) is 11.9 Å². The Balaban J connectivity index is 2.24. The number of nitrogens with zero attached hydrogens (tertiary/aromatic N) is 1. The topological polar surface area (TPSA) is 33.1 Å². The lowest BCUT2D eigenvalue weighted by Crippen LogP contribution is -2.07. The maximum absolute atomic E-state index is 13.7. The predicted molar refractivity (Wildman–Crippen MR) is 69.0 cm³/mol. The van der Waals surface area contributed by atoms with Gasteiger partial charge in [0.2, 0.25) is 0 Å². The number of aromatic nitrogens is 1. The summed E-state index contributed by atoms with van der Waals surface area (Å²) in [7, 11) is 0. The van der Waals surface area contributed by atoms with Crippen LogP contribution in [0.4, 0.5) is 4.39 Å². The second-order valence-electron chi connectivity index (χ2n) is 4.14. The minimum atomic E-state index is -0.834. The molecule has 0 saturated heterocycles. The molecule has 2 rings (SSSR count). The van der Waals surface area contributed by atoms with Crippen molar-refractivity contribution in [2.75, 3.05) is 0 Å². The van der Waals surface area contributed by atoms with Gasteiger partial charge in [-0.15, -0.1) is 0 Å². The first-order valence-corrected chi connectivity index (χ1v) is 6.00. The van der Waals surface area contributed by atoms with Crippen molar-refractivity contribution in [3.63, 3.8) is 0 Å². The smallest absolute Gasteiger partial charge is 0.145 e. The van der Waals surface area contributed by atoms with Gasteiger partial charge in [0.25, 0.3) is 0 Å². The molecule has 0 amide bonds. The Labute approximate surface area is 110 Å². The standard InChI is InChI=1S/C14H13ClFNO/c1-9-4-3-7-17-14(9)12(18)8-10-5-2-6-11(15)13(10)16/h2-7,12,18H,8H2,1H3. The summed E-state index contributed by atoms with van der Waals surface area (Å²) in [4.78, 5) is 4.12. The Morgan fingerprint density at radius 2 is 2.11 bits per heavy atom. The molecule has 94 valence electrons. The number of benzene rings is 1. The average Bonchev–Trinajstić information content (AvgIpc) is 2.35. The minimum absolute atomic E-state index is 0.0671. The molecule has 0 aliphatic rings. The predicted octanol–water partition coefficient (Wildman–Crippen LogP) is 3.46. The third-order valence-corrected chi connectivity index (χ3v) is 3.10. The van der Waals surface area contributed by atoms with E-state index in [4.69, 9.17) is 11.6 Å². The molecule has 4 heteroatoms. The lowest BCUT2D eigenvalue weighted by Gasteiger charge is -2.13. The number of aryl methyl sites for hydroxylation is 1. The molecule has 18 heavy (non-hydrogen) atoms. The maximum Gasteiger partial charge on any atom is 0.145 e. The van der Waals surface area contributed by atoms with Crippen LogP contribution >= 0.6 is 11.6 Å². The van der Waals surface area contributed by atoms with Crippen LogP contribution in [0.5, 0.6) is 0 Å². The SMILES string of the molecule is Cc1cccnc1C(O)Cc1cccc(Cl)c1F. The molecule has 2 aromatic rings. The van der Waals surface area contributed by atoms with E-state index in [9.17, 15) is 9.50 Å². The second kappa shape index (κ2) is 5.46. The van der Waals surface area contributed by atoms with Crippen LogP contribution in [0.2, 0.25) is 5.02 Å². The van der Waals surface area contributed by atoms with E-state index in [1.165, 1.54) is 6.07 Å². The van der Waals surface area contributed by atoms with E-state index in [1.54, 1.807) is 24.4 Å². The zero-order valence-corrected chi connectivity index (χ0v) is 10.7. The number of hydrogen-bond donors (Lipinski definition) is 1. The molecule has 0 fully saturated rings. The van der Waals surface area contributed by atoms with Crippen molar-refractivity contribution in [2.24, 2.45) is 0 Å². The summed E-state index contributed by atoms with van der Waals surface area (Å²) in [5, 5.41) is 10.2. The highest BCUT2D eigenvalue weighted by atomic mass is 35.5. The van der Waals surface area contributed by atoms with Crippen molar-refractivity contribution < 1.29 is 9.50 Å². The molecule has 2 nitrogen and oxygen atoms in total. The van der Waals surface area contributed by atoms with Gasteiger partial charge in [-0.1, -0.05) is 29.8 Å². The fourth-order valence-corrected chi connectivity index (χ4v) is 2.05. The van der Waals surface area contributed by atoms with Crippen LogP contribution in [0.15, 0.2) is 36.5 Å². The highest BCUT2D eigenvalue weighted by molar-refractivity contribution is 6.30. The van der Waals surface area contributed by atoms with Gasteiger partial charge in [-0.2, -0.15) is 0 Å². The second-order valence-corrected chi connectivity index (χ2v) is 4.55. The van der Waals surface area contributed by atoms with Crippen LogP contribution in [0.3, 0.4) is 0 Å². The molecular formula is C14H13ClFNO. The molecule has 1 N–H and O–H groups in total. The molecule has 0 radical (unpaired) electrons. The Kier molecular flexibility index (Phi) is 3.94. The Bertz CT molecular complexity index is 559. The van der Waals surface area contributed by atoms with Gasteiger partial charge in [0, 0.05) is 12.6 Å². The van der Waals surface area contributed by atoms with E-state index in [1.807, 2.05) is 13.0 Å². The molecule has 0 bridgehead atoms. The summed E-state index contributed by atoms with van der Waals surface area (Å²) in [5.41, 5.74) is 1.84. The van der Waals surface area contributed by atoms with Gasteiger partial charge in [0.05, 0.1) is 10.7 Å². The fourth-order valence-electron chi connectivity index (χ4n) is 1.86. The number of aliphatic hydroxyl groups is 1. The van der Waals surface area contributed by atoms with Crippen molar-refractivity contribution >= 4 is 11.6 Å². The summed E-state index contributed by atoms with van der Waals surface area (Å²) in [6.45, 7) is 1.86. The van der Waals surface area contributed by atoms with Crippen molar-refractivity contribution in [3.8, 4) is 0 Å². The first kappa shape index (κ1) is 13.0. The van der Waals surface area contributed by atoms with E-state index >= 15 is 0 Å². The molecule has 1 aromatic heterocycles. The van der Waals surface area contributed by atoms with Crippen LogP contribution in [-0.2, 0) is 6.42 Å². The Morgan fingerprint density at radius 1 is 1.33 bits per heavy atom. The monoisotopic (exact) mass is 265 g/mol. The molecule has 0 spiro atoms. The number of pyridine rings is 1. The third-order valence-electron chi connectivity index (χ3n) is 2.81. The average molecular weight is 266 g/mol. The van der Waals surface area contributed by atoms with E-state index in [2.05, 4.69) is 4.98 Å². The normalized spacial score (nSPS) is 12.4. The third kappa shape index (κ3) is 2.68. The zero-order valence-electron chi connectivity index (χ0n) is 9.90. The van der Waals surface area contributed by atoms with Gasteiger partial charge in [-0.3, -0.25) is 4.98 Å². The lowest BCUT2D eigenvalue weighted by molar-refractivity contribution is 0.171. The summed E-state index contributed by atoms with van der Waals surface area (Å²) < 4.78 is 13.7. The molecule has 0 saturated carbocycles. The van der Waals surface area contributed by atoms with E-state index in [0.717, 1.165) is 5.56 Å². The van der Waals surface area contributed by atoms with Crippen molar-refractivity contribution in [2.45, 2.75) is 19.4 Å². The molecule has 1 heterocycles. The number of aliphatic hydroxyl groups excluding tert-OH is 1. The highest BCUT2D eigenvalue weighted by Crippen LogP contribution is 2.24. The summed E-state index contributed by atoms with van der Waals surface area (Å²) >= 11 is 5.70. The molecule has 1 atom stereocenters. The Morgan fingerprint density at radius 3 is 2.83 bits per heavy atom. The van der Waals surface area contributed by atoms with Crippen molar-refractivity contribution in [1.29, 1.82) is 0 Å². The van der Waals surface area contributed by atoms with Crippen molar-refractivity contribution in [3.05, 3.63) is 64.2 Å². The number of hydrogen-bond acceptors (Lipinski definition) is 2. The van der Waals surface area contributed by atoms with Crippen LogP contribution in [0, 0.1) is 12.7 Å². The zero-order chi connectivity index (χ0) is 13.1. The number of rotatable bonds is 3. The summed E-state index contributed by atoms with van der Waals surface area (Å²) in [5.74, 6) is -0.480. The lowest BCUT2D eigenvalue weighted by atomic mass is 10.0. The van der Waals surface area contributed by atoms with Gasteiger partial charge in [-0.25, -0.2) is 4.39 Å². The fraction of sp³-hybridized carbons (Fsp3) is 0.214. The van der Waals surface area contributed by atoms with Gasteiger partial charge >= 0.3 is 0 Å². The highest BCUT2D eigenvalue weighted by Gasteiger charge is 2.15. The van der Waals surface area contributed by atoms with Crippen LogP contribution in [0.1, 0.15) is 22.9 Å². The van der Waals surface area contributed by atoms with Crippen LogP contribution in [0.25, 0.3) is 0 Å². The van der Waals surface area contributed by atoms with E-state index in [-0.39, 0.29) is 11.4 Å². The number of halogens is 2. The largest absolute Gasteiger partial charge is 0.386 e. The Hall–Kier alpha value is -1.45. The van der Waals surface area contributed by atoms with Crippen LogP contribution in [-0.4, -0.2) is 10.1 Å². The van der Waals surface area contributed by atoms with Gasteiger partial charge in [0.15, 0.2) is 0 Å². The minimum Gasteiger partial charge on any atom is -0.386 e.